The van der Waals surface area contributed by atoms with Gasteiger partial charge in [-0.15, -0.1) is 0 Å². The molecule has 7 heteroatoms. The SMILES string of the molecule is Fc1ccc(C(F)(C(F)F)C(F)(F)F)cc1. The Labute approximate surface area is 85.7 Å². The van der Waals surface area contributed by atoms with Crippen molar-refractivity contribution in [2.45, 2.75) is 18.3 Å². The Morgan fingerprint density at radius 3 is 1.62 bits per heavy atom. The first kappa shape index (κ1) is 12.8. The molecule has 1 rings (SSSR count). The Balaban J connectivity index is 3.28. The Hall–Kier alpha value is -1.27. The van der Waals surface area contributed by atoms with Crippen molar-refractivity contribution in [2.75, 3.05) is 0 Å². The van der Waals surface area contributed by atoms with Gasteiger partial charge in [-0.1, -0.05) is 12.1 Å². The minimum Gasteiger partial charge on any atom is -0.222 e. The molecule has 0 heterocycles. The Morgan fingerprint density at radius 2 is 1.31 bits per heavy atom. The van der Waals surface area contributed by atoms with Crippen LogP contribution in [0.5, 0.6) is 0 Å². The fourth-order valence-corrected chi connectivity index (χ4v) is 1.11. The molecule has 0 aliphatic rings. The standard InChI is InChI=1S/C9H5F7/c10-6-3-1-5(2-4-6)8(13,7(11)12)9(14,15)16/h1-4,7H. The molecule has 1 unspecified atom stereocenters. The maximum atomic E-state index is 13.3. The summed E-state index contributed by atoms with van der Waals surface area (Å²) in [5, 5.41) is 0. The number of hydrogen-bond donors (Lipinski definition) is 0. The first-order chi connectivity index (χ1) is 7.19. The first-order valence-corrected chi connectivity index (χ1v) is 3.99. The molecule has 0 aromatic heterocycles. The van der Waals surface area contributed by atoms with E-state index in [4.69, 9.17) is 0 Å². The van der Waals surface area contributed by atoms with Gasteiger partial charge in [0.2, 0.25) is 0 Å². The average Bonchev–Trinajstić information content (AvgIpc) is 2.15. The van der Waals surface area contributed by atoms with Gasteiger partial charge in [0.15, 0.2) is 0 Å². The van der Waals surface area contributed by atoms with Crippen molar-refractivity contribution in [1.82, 2.24) is 0 Å². The van der Waals surface area contributed by atoms with Gasteiger partial charge in [0, 0.05) is 5.56 Å². The van der Waals surface area contributed by atoms with Crippen LogP contribution in [-0.4, -0.2) is 12.6 Å². The molecule has 0 radical (unpaired) electrons. The summed E-state index contributed by atoms with van der Waals surface area (Å²) in [5.41, 5.74) is -6.10. The summed E-state index contributed by atoms with van der Waals surface area (Å²) in [6.45, 7) is 0. The minimum absolute atomic E-state index is 0.342. The molecule has 1 atom stereocenters. The highest BCUT2D eigenvalue weighted by atomic mass is 19.4. The van der Waals surface area contributed by atoms with Crippen molar-refractivity contribution in [3.8, 4) is 0 Å². The van der Waals surface area contributed by atoms with Crippen molar-refractivity contribution < 1.29 is 30.7 Å². The van der Waals surface area contributed by atoms with E-state index in [1.165, 1.54) is 0 Å². The van der Waals surface area contributed by atoms with Crippen LogP contribution in [0.1, 0.15) is 5.56 Å². The number of halogens is 7. The molecule has 0 fully saturated rings. The molecule has 0 saturated carbocycles. The molecule has 0 aliphatic carbocycles. The van der Waals surface area contributed by atoms with Crippen LogP contribution in [0.15, 0.2) is 24.3 Å². The molecular weight excluding hydrogens is 241 g/mol. The van der Waals surface area contributed by atoms with Gasteiger partial charge in [0.25, 0.3) is 12.1 Å². The van der Waals surface area contributed by atoms with Crippen LogP contribution in [-0.2, 0) is 5.67 Å². The predicted molar refractivity (Wildman–Crippen MR) is 41.2 cm³/mol. The summed E-state index contributed by atoms with van der Waals surface area (Å²) in [6, 6.07) is 1.65. The van der Waals surface area contributed by atoms with Crippen molar-refractivity contribution in [1.29, 1.82) is 0 Å². The molecule has 90 valence electrons. The molecule has 0 bridgehead atoms. The second-order valence-corrected chi connectivity index (χ2v) is 3.02. The lowest BCUT2D eigenvalue weighted by Crippen LogP contribution is -2.44. The summed E-state index contributed by atoms with van der Waals surface area (Å²) in [4.78, 5) is 0. The average molecular weight is 246 g/mol. The van der Waals surface area contributed by atoms with Crippen LogP contribution in [0.2, 0.25) is 0 Å². The summed E-state index contributed by atoms with van der Waals surface area (Å²) >= 11 is 0. The van der Waals surface area contributed by atoms with Gasteiger partial charge in [0.1, 0.15) is 5.82 Å². The number of alkyl halides is 6. The van der Waals surface area contributed by atoms with E-state index in [0.29, 0.717) is 24.3 Å². The minimum atomic E-state index is -5.76. The lowest BCUT2D eigenvalue weighted by molar-refractivity contribution is -0.274. The zero-order valence-electron chi connectivity index (χ0n) is 7.53. The quantitative estimate of drug-likeness (QED) is 0.696. The van der Waals surface area contributed by atoms with E-state index in [-0.39, 0.29) is 0 Å². The van der Waals surface area contributed by atoms with Crippen LogP contribution in [0.25, 0.3) is 0 Å². The topological polar surface area (TPSA) is 0 Å². The highest BCUT2D eigenvalue weighted by molar-refractivity contribution is 5.26. The van der Waals surface area contributed by atoms with Crippen molar-refractivity contribution >= 4 is 0 Å². The molecule has 1 aromatic rings. The Morgan fingerprint density at radius 1 is 0.875 bits per heavy atom. The van der Waals surface area contributed by atoms with Gasteiger partial charge >= 0.3 is 6.18 Å². The van der Waals surface area contributed by atoms with E-state index < -0.39 is 29.7 Å². The van der Waals surface area contributed by atoms with Gasteiger partial charge in [-0.05, 0) is 12.1 Å². The van der Waals surface area contributed by atoms with E-state index in [2.05, 4.69) is 0 Å². The Kier molecular flexibility index (Phi) is 3.16. The maximum Gasteiger partial charge on any atom is 0.432 e. The summed E-state index contributed by atoms with van der Waals surface area (Å²) in [5.74, 6) is -0.942. The number of hydrogen-bond acceptors (Lipinski definition) is 0. The number of rotatable bonds is 2. The van der Waals surface area contributed by atoms with E-state index in [1.807, 2.05) is 0 Å². The van der Waals surface area contributed by atoms with Gasteiger partial charge < -0.3 is 0 Å². The van der Waals surface area contributed by atoms with Crippen molar-refractivity contribution in [2.24, 2.45) is 0 Å². The first-order valence-electron chi connectivity index (χ1n) is 3.99. The fourth-order valence-electron chi connectivity index (χ4n) is 1.11. The molecule has 1 aromatic carbocycles. The lowest BCUT2D eigenvalue weighted by Gasteiger charge is -2.27. The highest BCUT2D eigenvalue weighted by Gasteiger charge is 2.63. The third-order valence-corrected chi connectivity index (χ3v) is 1.98. The van der Waals surface area contributed by atoms with Gasteiger partial charge in [0.05, 0.1) is 0 Å². The number of benzene rings is 1. The molecule has 0 amide bonds. The zero-order valence-corrected chi connectivity index (χ0v) is 7.53. The van der Waals surface area contributed by atoms with Gasteiger partial charge in [-0.3, -0.25) is 0 Å². The van der Waals surface area contributed by atoms with Gasteiger partial charge in [-0.2, -0.15) is 13.2 Å². The monoisotopic (exact) mass is 246 g/mol. The largest absolute Gasteiger partial charge is 0.432 e. The summed E-state index contributed by atoms with van der Waals surface area (Å²) in [7, 11) is 0. The molecule has 0 N–H and O–H groups in total. The lowest BCUT2D eigenvalue weighted by atomic mass is 9.95. The highest BCUT2D eigenvalue weighted by Crippen LogP contribution is 2.46. The Bertz CT molecular complexity index is 353. The second-order valence-electron chi connectivity index (χ2n) is 3.02. The summed E-state index contributed by atoms with van der Waals surface area (Å²) in [6.07, 6.45) is -10.0. The second kappa shape index (κ2) is 3.95. The fraction of sp³-hybridized carbons (Fsp3) is 0.333. The third kappa shape index (κ3) is 1.98. The van der Waals surface area contributed by atoms with Crippen LogP contribution in [0, 0.1) is 5.82 Å². The normalized spacial score (nSPS) is 16.2. The molecule has 0 aliphatic heterocycles. The van der Waals surface area contributed by atoms with Gasteiger partial charge in [-0.25, -0.2) is 17.6 Å². The van der Waals surface area contributed by atoms with Crippen molar-refractivity contribution in [3.63, 3.8) is 0 Å². The van der Waals surface area contributed by atoms with Crippen LogP contribution in [0.3, 0.4) is 0 Å². The molecule has 0 saturated heterocycles. The maximum absolute atomic E-state index is 13.3. The van der Waals surface area contributed by atoms with E-state index >= 15 is 0 Å². The summed E-state index contributed by atoms with van der Waals surface area (Å²) < 4.78 is 86.6. The smallest absolute Gasteiger partial charge is 0.222 e. The zero-order chi connectivity index (χ0) is 12.6. The van der Waals surface area contributed by atoms with E-state index in [9.17, 15) is 30.7 Å². The van der Waals surface area contributed by atoms with Crippen LogP contribution >= 0.6 is 0 Å². The van der Waals surface area contributed by atoms with Crippen LogP contribution < -0.4 is 0 Å². The molecule has 0 spiro atoms. The van der Waals surface area contributed by atoms with Crippen molar-refractivity contribution in [3.05, 3.63) is 35.6 Å². The van der Waals surface area contributed by atoms with Crippen LogP contribution in [0.4, 0.5) is 30.7 Å². The van der Waals surface area contributed by atoms with E-state index in [1.54, 1.807) is 0 Å². The van der Waals surface area contributed by atoms with E-state index in [0.717, 1.165) is 0 Å². The molecule has 16 heavy (non-hydrogen) atoms. The third-order valence-electron chi connectivity index (χ3n) is 1.98. The predicted octanol–water partition coefficient (Wildman–Crippen LogP) is 3.82. The molecular formula is C9H5F7. The molecule has 0 nitrogen and oxygen atoms in total.